The zero-order valence-corrected chi connectivity index (χ0v) is 8.36. The van der Waals surface area contributed by atoms with Gasteiger partial charge in [-0.15, -0.1) is 0 Å². The summed E-state index contributed by atoms with van der Waals surface area (Å²) in [6.45, 7) is 2.10. The van der Waals surface area contributed by atoms with Crippen LogP contribution < -0.4 is 0 Å². The number of carbonyl (C=O) groups excluding carboxylic acids is 1. The van der Waals surface area contributed by atoms with Gasteiger partial charge in [0.25, 0.3) is 0 Å². The van der Waals surface area contributed by atoms with Crippen LogP contribution in [0.1, 0.15) is 11.1 Å². The molecule has 1 rings (SSSR count). The molecule has 0 saturated heterocycles. The van der Waals surface area contributed by atoms with Crippen LogP contribution in [0, 0.1) is 6.92 Å². The largest absolute Gasteiger partial charge is 0.468 e. The van der Waals surface area contributed by atoms with E-state index in [1.807, 2.05) is 31.2 Å². The average molecular weight is 191 g/mol. The maximum atomic E-state index is 10.7. The van der Waals surface area contributed by atoms with Gasteiger partial charge < -0.3 is 4.74 Å². The Morgan fingerprint density at radius 1 is 1.43 bits per heavy atom. The lowest BCUT2D eigenvalue weighted by Crippen LogP contribution is -2.04. The van der Waals surface area contributed by atoms with Crippen molar-refractivity contribution in [3.63, 3.8) is 0 Å². The first-order valence-corrected chi connectivity index (χ1v) is 4.35. The first kappa shape index (κ1) is 10.4. The second-order valence-corrected chi connectivity index (χ2v) is 2.96. The molecule has 0 bridgehead atoms. The number of rotatable bonds is 3. The molecule has 1 aromatic carbocycles. The molecule has 0 atom stereocenters. The number of aliphatic imine (C=N–C) groups is 1. The topological polar surface area (TPSA) is 38.7 Å². The van der Waals surface area contributed by atoms with Gasteiger partial charge in [0, 0.05) is 6.21 Å². The molecule has 0 aromatic heterocycles. The lowest BCUT2D eigenvalue weighted by atomic mass is 10.2. The van der Waals surface area contributed by atoms with E-state index in [0.717, 1.165) is 5.56 Å². The molecule has 0 amide bonds. The highest BCUT2D eigenvalue weighted by molar-refractivity contribution is 5.82. The van der Waals surface area contributed by atoms with Crippen molar-refractivity contribution < 1.29 is 9.53 Å². The summed E-state index contributed by atoms with van der Waals surface area (Å²) in [5.74, 6) is -0.326. The Labute approximate surface area is 83.4 Å². The number of hydrogen-bond donors (Lipinski definition) is 0. The highest BCUT2D eigenvalue weighted by atomic mass is 16.5. The molecule has 0 fully saturated rings. The van der Waals surface area contributed by atoms with Gasteiger partial charge in [0.1, 0.15) is 6.54 Å². The summed E-state index contributed by atoms with van der Waals surface area (Å²) in [7, 11) is 1.35. The van der Waals surface area contributed by atoms with Gasteiger partial charge in [-0.1, -0.05) is 29.8 Å². The molecule has 0 saturated carbocycles. The van der Waals surface area contributed by atoms with E-state index in [9.17, 15) is 4.79 Å². The summed E-state index contributed by atoms with van der Waals surface area (Å²) >= 11 is 0. The molecule has 1 aromatic rings. The van der Waals surface area contributed by atoms with Crippen LogP contribution in [-0.2, 0) is 9.53 Å². The van der Waals surface area contributed by atoms with Crippen LogP contribution in [0.25, 0.3) is 0 Å². The van der Waals surface area contributed by atoms with Crippen LogP contribution in [0.2, 0.25) is 0 Å². The lowest BCUT2D eigenvalue weighted by molar-refractivity contribution is -0.138. The quantitative estimate of drug-likeness (QED) is 0.537. The van der Waals surface area contributed by atoms with Crippen molar-refractivity contribution in [3.8, 4) is 0 Å². The van der Waals surface area contributed by atoms with Gasteiger partial charge in [0.2, 0.25) is 0 Å². The second-order valence-electron chi connectivity index (χ2n) is 2.96. The monoisotopic (exact) mass is 191 g/mol. The van der Waals surface area contributed by atoms with Gasteiger partial charge in [-0.2, -0.15) is 0 Å². The molecule has 14 heavy (non-hydrogen) atoms. The number of carbonyl (C=O) groups is 1. The summed E-state index contributed by atoms with van der Waals surface area (Å²) in [4.78, 5) is 14.7. The van der Waals surface area contributed by atoms with Crippen molar-refractivity contribution in [2.24, 2.45) is 4.99 Å². The predicted molar refractivity (Wildman–Crippen MR) is 55.7 cm³/mol. The van der Waals surface area contributed by atoms with Gasteiger partial charge >= 0.3 is 5.97 Å². The predicted octanol–water partition coefficient (Wildman–Crippen LogP) is 1.59. The molecule has 3 heteroatoms. The van der Waals surface area contributed by atoms with Gasteiger partial charge in [-0.25, -0.2) is 0 Å². The molecule has 0 spiro atoms. The first-order chi connectivity index (χ1) is 6.72. The third kappa shape index (κ3) is 3.39. The van der Waals surface area contributed by atoms with E-state index < -0.39 is 0 Å². The van der Waals surface area contributed by atoms with E-state index in [2.05, 4.69) is 9.73 Å². The minimum Gasteiger partial charge on any atom is -0.468 e. The van der Waals surface area contributed by atoms with E-state index in [-0.39, 0.29) is 12.5 Å². The lowest BCUT2D eigenvalue weighted by Gasteiger charge is -1.94. The third-order valence-electron chi connectivity index (χ3n) is 1.77. The van der Waals surface area contributed by atoms with Crippen molar-refractivity contribution in [2.45, 2.75) is 6.92 Å². The van der Waals surface area contributed by atoms with E-state index in [1.54, 1.807) is 6.21 Å². The zero-order chi connectivity index (χ0) is 10.4. The molecule has 0 aliphatic carbocycles. The maximum absolute atomic E-state index is 10.7. The summed E-state index contributed by atoms with van der Waals surface area (Å²) in [5.41, 5.74) is 2.19. The van der Waals surface area contributed by atoms with Crippen molar-refractivity contribution in [1.29, 1.82) is 0 Å². The average Bonchev–Trinajstić information content (AvgIpc) is 2.21. The van der Waals surface area contributed by atoms with E-state index in [1.165, 1.54) is 12.7 Å². The van der Waals surface area contributed by atoms with E-state index in [4.69, 9.17) is 0 Å². The molecular formula is C11H13NO2. The summed E-state index contributed by atoms with van der Waals surface area (Å²) in [6, 6.07) is 7.91. The highest BCUT2D eigenvalue weighted by Crippen LogP contribution is 1.99. The van der Waals surface area contributed by atoms with Crippen LogP contribution in [0.3, 0.4) is 0 Å². The van der Waals surface area contributed by atoms with Crippen LogP contribution >= 0.6 is 0 Å². The molecule has 0 radical (unpaired) electrons. The number of aryl methyl sites for hydroxylation is 1. The molecule has 0 aliphatic heterocycles. The summed E-state index contributed by atoms with van der Waals surface area (Å²) < 4.78 is 4.45. The molecule has 0 heterocycles. The minimum atomic E-state index is -0.326. The van der Waals surface area contributed by atoms with Gasteiger partial charge in [-0.05, 0) is 12.5 Å². The van der Waals surface area contributed by atoms with Crippen LogP contribution in [0.5, 0.6) is 0 Å². The standard InChI is InChI=1S/C11H13NO2/c1-9-3-5-10(6-4-9)7-12-8-11(13)14-2/h3-7H,8H2,1-2H3/b12-7+. The normalized spacial score (nSPS) is 10.4. The number of hydrogen-bond acceptors (Lipinski definition) is 3. The Balaban J connectivity index is 2.52. The molecule has 0 unspecified atom stereocenters. The fourth-order valence-electron chi connectivity index (χ4n) is 0.943. The second kappa shape index (κ2) is 5.17. The third-order valence-corrected chi connectivity index (χ3v) is 1.77. The zero-order valence-electron chi connectivity index (χ0n) is 8.36. The number of benzene rings is 1. The Hall–Kier alpha value is -1.64. The molecule has 3 nitrogen and oxygen atoms in total. The fourth-order valence-corrected chi connectivity index (χ4v) is 0.943. The molecule has 0 aliphatic rings. The Morgan fingerprint density at radius 3 is 2.64 bits per heavy atom. The number of ether oxygens (including phenoxy) is 1. The summed E-state index contributed by atoms with van der Waals surface area (Å²) in [5, 5.41) is 0. The number of esters is 1. The van der Waals surface area contributed by atoms with E-state index >= 15 is 0 Å². The van der Waals surface area contributed by atoms with Gasteiger partial charge in [0.15, 0.2) is 0 Å². The minimum absolute atomic E-state index is 0.0738. The summed E-state index contributed by atoms with van der Waals surface area (Å²) in [6.07, 6.45) is 1.66. The molecular weight excluding hydrogens is 178 g/mol. The Bertz CT molecular complexity index is 328. The van der Waals surface area contributed by atoms with Crippen molar-refractivity contribution in [1.82, 2.24) is 0 Å². The smallest absolute Gasteiger partial charge is 0.327 e. The number of methoxy groups -OCH3 is 1. The first-order valence-electron chi connectivity index (χ1n) is 4.35. The number of nitrogens with zero attached hydrogens (tertiary/aromatic N) is 1. The SMILES string of the molecule is COC(=O)C/N=C/c1ccc(C)cc1. The Morgan fingerprint density at radius 2 is 2.07 bits per heavy atom. The molecule has 74 valence electrons. The van der Waals surface area contributed by atoms with Crippen LogP contribution in [0.15, 0.2) is 29.3 Å². The fraction of sp³-hybridized carbons (Fsp3) is 0.273. The van der Waals surface area contributed by atoms with Gasteiger partial charge in [0.05, 0.1) is 7.11 Å². The van der Waals surface area contributed by atoms with E-state index in [0.29, 0.717) is 0 Å². The van der Waals surface area contributed by atoms with Crippen molar-refractivity contribution in [2.75, 3.05) is 13.7 Å². The highest BCUT2D eigenvalue weighted by Gasteiger charge is 1.94. The Kier molecular flexibility index (Phi) is 3.85. The maximum Gasteiger partial charge on any atom is 0.327 e. The van der Waals surface area contributed by atoms with Gasteiger partial charge in [-0.3, -0.25) is 9.79 Å². The van der Waals surface area contributed by atoms with Crippen LogP contribution in [-0.4, -0.2) is 25.8 Å². The molecule has 0 N–H and O–H groups in total. The van der Waals surface area contributed by atoms with Crippen LogP contribution in [0.4, 0.5) is 0 Å². The van der Waals surface area contributed by atoms with Crippen molar-refractivity contribution >= 4 is 12.2 Å². The van der Waals surface area contributed by atoms with Crippen molar-refractivity contribution in [3.05, 3.63) is 35.4 Å².